The zero-order chi connectivity index (χ0) is 35.2. The molecule has 2 aromatic carbocycles. The molecule has 0 spiro atoms. The Balaban J connectivity index is 1.22. The maximum absolute atomic E-state index is 14.9. The van der Waals surface area contributed by atoms with Crippen molar-refractivity contribution in [3.05, 3.63) is 123 Å². The number of pyridine rings is 2. The van der Waals surface area contributed by atoms with Crippen molar-refractivity contribution in [3.8, 4) is 11.1 Å². The molecule has 50 heavy (non-hydrogen) atoms. The van der Waals surface area contributed by atoms with E-state index in [1.165, 1.54) is 24.4 Å². The third-order valence-electron chi connectivity index (χ3n) is 9.35. The number of nitrogens with zero attached hydrogens (tertiary/aromatic N) is 4. The standard InChI is InChI=1S/C38H36F2N6O4/c1-37(2,3)50-36(49)43-20-30-27-18-24(11-13-26(27)34(47)45-44-30)38(15-16-38)35(48)46(31-14-10-22-6-5-17-41-33(22)31)21-25-12-9-23(19-42-25)32-28(39)7-4-8-29(32)40/h4-9,11-13,17-19,31H,10,14-16,20-21H2,1-3H3,(H,43,49)(H,45,47). The number of H-pyrrole nitrogens is 1. The second-order valence-corrected chi connectivity index (χ2v) is 13.9. The first-order valence-corrected chi connectivity index (χ1v) is 16.6. The van der Waals surface area contributed by atoms with Crippen molar-refractivity contribution in [3.63, 3.8) is 0 Å². The van der Waals surface area contributed by atoms with Gasteiger partial charge in [-0.05, 0) is 94.0 Å². The number of carbonyl (C=O) groups is 2. The Morgan fingerprint density at radius 2 is 1.80 bits per heavy atom. The number of aromatic amines is 1. The zero-order valence-corrected chi connectivity index (χ0v) is 27.9. The van der Waals surface area contributed by atoms with Gasteiger partial charge in [-0.25, -0.2) is 18.7 Å². The summed E-state index contributed by atoms with van der Waals surface area (Å²) in [5.74, 6) is -1.47. The highest BCUT2D eigenvalue weighted by molar-refractivity contribution is 5.94. The lowest BCUT2D eigenvalue weighted by atomic mass is 9.91. The molecule has 0 radical (unpaired) electrons. The van der Waals surface area contributed by atoms with E-state index in [0.717, 1.165) is 23.2 Å². The predicted molar refractivity (Wildman–Crippen MR) is 182 cm³/mol. The van der Waals surface area contributed by atoms with E-state index in [1.807, 2.05) is 29.2 Å². The van der Waals surface area contributed by atoms with Crippen molar-refractivity contribution in [1.82, 2.24) is 30.4 Å². The van der Waals surface area contributed by atoms with Crippen molar-refractivity contribution in [2.24, 2.45) is 0 Å². The van der Waals surface area contributed by atoms with Crippen LogP contribution in [0, 0.1) is 11.6 Å². The predicted octanol–water partition coefficient (Wildman–Crippen LogP) is 6.43. The Kier molecular flexibility index (Phi) is 8.41. The number of hydrogen-bond donors (Lipinski definition) is 2. The molecule has 0 aliphatic heterocycles. The molecule has 1 unspecified atom stereocenters. The summed E-state index contributed by atoms with van der Waals surface area (Å²) in [6.45, 7) is 5.45. The minimum absolute atomic E-state index is 0.00168. The summed E-state index contributed by atoms with van der Waals surface area (Å²) in [6.07, 6.45) is 5.17. The summed E-state index contributed by atoms with van der Waals surface area (Å²) in [4.78, 5) is 51.0. The number of hydrogen-bond acceptors (Lipinski definition) is 7. The fourth-order valence-corrected chi connectivity index (χ4v) is 6.78. The van der Waals surface area contributed by atoms with E-state index >= 15 is 0 Å². The van der Waals surface area contributed by atoms with Gasteiger partial charge >= 0.3 is 6.09 Å². The molecule has 7 rings (SSSR count). The van der Waals surface area contributed by atoms with Crippen LogP contribution in [-0.4, -0.2) is 42.7 Å². The average molecular weight is 679 g/mol. The van der Waals surface area contributed by atoms with Crippen LogP contribution < -0.4 is 10.9 Å². The van der Waals surface area contributed by atoms with Crippen LogP contribution in [0.3, 0.4) is 0 Å². The molecule has 10 nitrogen and oxygen atoms in total. The average Bonchev–Trinajstić information content (AvgIpc) is 3.79. The summed E-state index contributed by atoms with van der Waals surface area (Å²) < 4.78 is 34.4. The third kappa shape index (κ3) is 6.33. The fraction of sp³-hybridized carbons (Fsp3) is 0.316. The number of amides is 2. The number of aryl methyl sites for hydroxylation is 1. The monoisotopic (exact) mass is 678 g/mol. The van der Waals surface area contributed by atoms with E-state index in [1.54, 1.807) is 45.2 Å². The zero-order valence-electron chi connectivity index (χ0n) is 27.9. The van der Waals surface area contributed by atoms with Crippen LogP contribution >= 0.6 is 0 Å². The number of carbonyl (C=O) groups excluding carboxylic acids is 2. The van der Waals surface area contributed by atoms with Crippen LogP contribution in [0.1, 0.15) is 74.3 Å². The molecular formula is C38H36F2N6O4. The van der Waals surface area contributed by atoms with Gasteiger partial charge in [-0.1, -0.05) is 24.3 Å². The maximum Gasteiger partial charge on any atom is 0.407 e. The van der Waals surface area contributed by atoms with Crippen LogP contribution in [0.2, 0.25) is 0 Å². The van der Waals surface area contributed by atoms with E-state index in [9.17, 15) is 23.2 Å². The summed E-state index contributed by atoms with van der Waals surface area (Å²) in [6, 6.07) is 15.9. The van der Waals surface area contributed by atoms with E-state index in [0.29, 0.717) is 47.0 Å². The van der Waals surface area contributed by atoms with E-state index in [2.05, 4.69) is 25.5 Å². The number of rotatable bonds is 8. The first-order chi connectivity index (χ1) is 23.9. The smallest absolute Gasteiger partial charge is 0.407 e. The second-order valence-electron chi connectivity index (χ2n) is 13.9. The second kappa shape index (κ2) is 12.7. The van der Waals surface area contributed by atoms with Crippen molar-refractivity contribution in [1.29, 1.82) is 0 Å². The molecule has 2 aliphatic carbocycles. The minimum atomic E-state index is -0.861. The Labute approximate surface area is 286 Å². The van der Waals surface area contributed by atoms with Crippen LogP contribution in [0.5, 0.6) is 0 Å². The number of halogens is 2. The highest BCUT2D eigenvalue weighted by atomic mass is 19.1. The minimum Gasteiger partial charge on any atom is -0.444 e. The third-order valence-corrected chi connectivity index (χ3v) is 9.35. The number of benzene rings is 2. The molecule has 2 aliphatic rings. The lowest BCUT2D eigenvalue weighted by Gasteiger charge is -2.33. The van der Waals surface area contributed by atoms with Gasteiger partial charge in [-0.2, -0.15) is 5.10 Å². The summed E-state index contributed by atoms with van der Waals surface area (Å²) in [5.41, 5.74) is 1.85. The number of ether oxygens (including phenoxy) is 1. The summed E-state index contributed by atoms with van der Waals surface area (Å²) in [5, 5.41) is 10.3. The quantitative estimate of drug-likeness (QED) is 0.194. The fourth-order valence-electron chi connectivity index (χ4n) is 6.78. The van der Waals surface area contributed by atoms with Crippen molar-refractivity contribution < 1.29 is 23.1 Å². The van der Waals surface area contributed by atoms with Crippen molar-refractivity contribution in [2.45, 2.75) is 76.6 Å². The van der Waals surface area contributed by atoms with Gasteiger partial charge in [0.25, 0.3) is 5.56 Å². The molecule has 3 aromatic heterocycles. The van der Waals surface area contributed by atoms with Gasteiger partial charge in [-0.15, -0.1) is 0 Å². The molecule has 1 fully saturated rings. The highest BCUT2D eigenvalue weighted by Gasteiger charge is 2.54. The van der Waals surface area contributed by atoms with Gasteiger partial charge in [0, 0.05) is 23.3 Å². The Morgan fingerprint density at radius 1 is 1.02 bits per heavy atom. The maximum atomic E-state index is 14.9. The Morgan fingerprint density at radius 3 is 2.50 bits per heavy atom. The molecule has 0 bridgehead atoms. The molecule has 12 heteroatoms. The SMILES string of the molecule is CC(C)(C)OC(=O)NCc1n[nH]c(=O)c2ccc(C3(C(=O)N(Cc4ccc(-c5c(F)cccc5F)cn4)C4CCc5cccnc54)CC3)cc12. The topological polar surface area (TPSA) is 130 Å². The van der Waals surface area contributed by atoms with E-state index < -0.39 is 28.7 Å². The lowest BCUT2D eigenvalue weighted by Crippen LogP contribution is -2.41. The molecule has 256 valence electrons. The molecule has 0 saturated heterocycles. The van der Waals surface area contributed by atoms with Gasteiger partial charge in [0.05, 0.1) is 52.6 Å². The molecule has 2 amide bonds. The van der Waals surface area contributed by atoms with Gasteiger partial charge in [0.15, 0.2) is 0 Å². The van der Waals surface area contributed by atoms with E-state index in [-0.39, 0.29) is 36.2 Å². The molecule has 2 N–H and O–H groups in total. The number of fused-ring (bicyclic) bond motifs is 2. The van der Waals surface area contributed by atoms with Gasteiger partial charge < -0.3 is 15.0 Å². The van der Waals surface area contributed by atoms with Gasteiger partial charge in [0.1, 0.15) is 17.2 Å². The molecule has 1 saturated carbocycles. The highest BCUT2D eigenvalue weighted by Crippen LogP contribution is 2.52. The Bertz CT molecular complexity index is 2160. The molecule has 5 aromatic rings. The van der Waals surface area contributed by atoms with Crippen molar-refractivity contribution >= 4 is 22.8 Å². The lowest BCUT2D eigenvalue weighted by molar-refractivity contribution is -0.137. The summed E-state index contributed by atoms with van der Waals surface area (Å²) >= 11 is 0. The number of aromatic nitrogens is 4. The van der Waals surface area contributed by atoms with E-state index in [4.69, 9.17) is 4.74 Å². The summed E-state index contributed by atoms with van der Waals surface area (Å²) in [7, 11) is 0. The molecule has 3 heterocycles. The van der Waals surface area contributed by atoms with Crippen LogP contribution in [0.25, 0.3) is 21.9 Å². The van der Waals surface area contributed by atoms with Crippen LogP contribution in [-0.2, 0) is 34.5 Å². The molecular weight excluding hydrogens is 642 g/mol. The Hall–Kier alpha value is -5.52. The van der Waals surface area contributed by atoms with Gasteiger partial charge in [-0.3, -0.25) is 19.6 Å². The number of nitrogens with one attached hydrogen (secondary N) is 2. The number of alkyl carbamates (subject to hydrolysis) is 1. The van der Waals surface area contributed by atoms with Gasteiger partial charge in [0.2, 0.25) is 5.91 Å². The van der Waals surface area contributed by atoms with Crippen molar-refractivity contribution in [2.75, 3.05) is 0 Å². The molecule has 1 atom stereocenters. The van der Waals surface area contributed by atoms with Crippen LogP contribution in [0.15, 0.2) is 77.9 Å². The normalized spacial score (nSPS) is 16.1. The first kappa shape index (κ1) is 33.0. The van der Waals surface area contributed by atoms with Crippen LogP contribution in [0.4, 0.5) is 13.6 Å². The largest absolute Gasteiger partial charge is 0.444 e. The first-order valence-electron chi connectivity index (χ1n) is 16.6.